The first-order valence-electron chi connectivity index (χ1n) is 5.02. The zero-order valence-corrected chi connectivity index (χ0v) is 9.52. The molecule has 16 heavy (non-hydrogen) atoms. The van der Waals surface area contributed by atoms with Gasteiger partial charge in [0.2, 0.25) is 0 Å². The van der Waals surface area contributed by atoms with Crippen molar-refractivity contribution >= 4 is 11.8 Å². The highest BCUT2D eigenvalue weighted by atomic mass is 16.2. The molecule has 84 valence electrons. The van der Waals surface area contributed by atoms with Crippen molar-refractivity contribution in [2.75, 3.05) is 0 Å². The summed E-state index contributed by atoms with van der Waals surface area (Å²) in [5.41, 5.74) is 2.35. The van der Waals surface area contributed by atoms with E-state index in [9.17, 15) is 9.59 Å². The molecule has 0 radical (unpaired) electrons. The number of nitrogens with zero attached hydrogens (tertiary/aromatic N) is 3. The molecular weight excluding hydrogens is 206 g/mol. The van der Waals surface area contributed by atoms with Crippen LogP contribution < -0.4 is 0 Å². The van der Waals surface area contributed by atoms with E-state index in [1.807, 2.05) is 14.0 Å². The number of carbonyl (C=O) groups is 2. The number of aryl methyl sites for hydroxylation is 1. The minimum absolute atomic E-state index is 0.215. The molecule has 0 aromatic carbocycles. The van der Waals surface area contributed by atoms with Gasteiger partial charge in [0.1, 0.15) is 0 Å². The highest BCUT2D eigenvalue weighted by Gasteiger charge is 2.28. The van der Waals surface area contributed by atoms with E-state index in [-0.39, 0.29) is 11.8 Å². The Kier molecular flexibility index (Phi) is 2.38. The van der Waals surface area contributed by atoms with Gasteiger partial charge in [-0.1, -0.05) is 0 Å². The van der Waals surface area contributed by atoms with Gasteiger partial charge in [0, 0.05) is 30.0 Å². The average Bonchev–Trinajstić information content (AvgIpc) is 2.66. The Labute approximate surface area is 93.3 Å². The van der Waals surface area contributed by atoms with Crippen molar-refractivity contribution in [3.8, 4) is 0 Å². The third-order valence-corrected chi connectivity index (χ3v) is 2.85. The monoisotopic (exact) mass is 219 g/mol. The van der Waals surface area contributed by atoms with E-state index in [1.54, 1.807) is 17.8 Å². The van der Waals surface area contributed by atoms with Crippen LogP contribution in [0.15, 0.2) is 17.8 Å². The molecule has 5 nitrogen and oxygen atoms in total. The molecule has 1 aromatic heterocycles. The van der Waals surface area contributed by atoms with Crippen molar-refractivity contribution in [1.82, 2.24) is 14.7 Å². The van der Waals surface area contributed by atoms with Crippen molar-refractivity contribution < 1.29 is 9.59 Å². The smallest absolute Gasteiger partial charge is 0.256 e. The number of amides is 2. The van der Waals surface area contributed by atoms with E-state index < -0.39 is 0 Å². The molecule has 0 saturated heterocycles. The van der Waals surface area contributed by atoms with Crippen LogP contribution in [0.5, 0.6) is 0 Å². The Hall–Kier alpha value is -1.91. The first kappa shape index (κ1) is 10.6. The summed E-state index contributed by atoms with van der Waals surface area (Å²) >= 11 is 0. The number of aromatic nitrogens is 2. The Morgan fingerprint density at radius 1 is 1.31 bits per heavy atom. The maximum Gasteiger partial charge on any atom is 0.256 e. The normalized spacial score (nSPS) is 15.9. The molecule has 0 fully saturated rings. The molecule has 1 aliphatic heterocycles. The van der Waals surface area contributed by atoms with Gasteiger partial charge in [-0.3, -0.25) is 19.2 Å². The van der Waals surface area contributed by atoms with Crippen molar-refractivity contribution in [3.05, 3.63) is 29.1 Å². The lowest BCUT2D eigenvalue weighted by molar-refractivity contribution is -0.137. The van der Waals surface area contributed by atoms with E-state index >= 15 is 0 Å². The lowest BCUT2D eigenvalue weighted by Gasteiger charge is -2.13. The molecule has 0 atom stereocenters. The zero-order chi connectivity index (χ0) is 11.9. The fourth-order valence-corrected chi connectivity index (χ4v) is 1.66. The number of hydrogen-bond acceptors (Lipinski definition) is 3. The largest absolute Gasteiger partial charge is 0.273 e. The van der Waals surface area contributed by atoms with E-state index in [1.165, 1.54) is 11.0 Å². The molecule has 2 rings (SSSR count). The molecule has 1 aliphatic rings. The molecule has 5 heteroatoms. The van der Waals surface area contributed by atoms with Gasteiger partial charge in [-0.15, -0.1) is 0 Å². The second-order valence-electron chi connectivity index (χ2n) is 3.94. The van der Waals surface area contributed by atoms with Crippen LogP contribution in [-0.4, -0.2) is 26.5 Å². The lowest BCUT2D eigenvalue weighted by Crippen LogP contribution is -2.30. The highest BCUT2D eigenvalue weighted by Crippen LogP contribution is 2.17. The third kappa shape index (κ3) is 1.54. The fraction of sp³-hybridized carbons (Fsp3) is 0.364. The Morgan fingerprint density at radius 3 is 2.44 bits per heavy atom. The number of rotatable bonds is 2. The Bertz CT molecular complexity index is 499. The maximum absolute atomic E-state index is 11.6. The summed E-state index contributed by atoms with van der Waals surface area (Å²) in [6.07, 6.45) is 3.05. The van der Waals surface area contributed by atoms with Crippen LogP contribution in [0.1, 0.15) is 18.2 Å². The van der Waals surface area contributed by atoms with Gasteiger partial charge in [-0.2, -0.15) is 5.10 Å². The van der Waals surface area contributed by atoms with Gasteiger partial charge < -0.3 is 0 Å². The summed E-state index contributed by atoms with van der Waals surface area (Å²) < 4.78 is 1.72. The molecule has 0 bridgehead atoms. The quantitative estimate of drug-likeness (QED) is 0.682. The predicted molar refractivity (Wildman–Crippen MR) is 57.3 cm³/mol. The van der Waals surface area contributed by atoms with E-state index in [4.69, 9.17) is 0 Å². The summed E-state index contributed by atoms with van der Waals surface area (Å²) in [5.74, 6) is -0.459. The van der Waals surface area contributed by atoms with Gasteiger partial charge in [0.05, 0.1) is 12.7 Å². The lowest BCUT2D eigenvalue weighted by atomic mass is 10.2. The van der Waals surface area contributed by atoms with Gasteiger partial charge in [-0.05, 0) is 13.8 Å². The molecule has 0 saturated carbocycles. The van der Waals surface area contributed by atoms with Gasteiger partial charge in [-0.25, -0.2) is 0 Å². The predicted octanol–water partition coefficient (Wildman–Crippen LogP) is 0.544. The second kappa shape index (κ2) is 3.59. The average molecular weight is 219 g/mol. The van der Waals surface area contributed by atoms with Gasteiger partial charge in [0.25, 0.3) is 11.8 Å². The summed E-state index contributed by atoms with van der Waals surface area (Å²) in [6, 6.07) is 0. The second-order valence-corrected chi connectivity index (χ2v) is 3.94. The molecule has 0 unspecified atom stereocenters. The van der Waals surface area contributed by atoms with E-state index in [0.29, 0.717) is 12.1 Å². The van der Waals surface area contributed by atoms with Crippen molar-refractivity contribution in [3.63, 3.8) is 0 Å². The van der Waals surface area contributed by atoms with Gasteiger partial charge >= 0.3 is 0 Å². The van der Waals surface area contributed by atoms with Crippen molar-refractivity contribution in [2.24, 2.45) is 7.05 Å². The van der Waals surface area contributed by atoms with E-state index in [2.05, 4.69) is 5.10 Å². The molecule has 2 amide bonds. The van der Waals surface area contributed by atoms with Crippen molar-refractivity contribution in [2.45, 2.75) is 20.4 Å². The number of carbonyl (C=O) groups excluding carboxylic acids is 2. The molecule has 1 aromatic rings. The highest BCUT2D eigenvalue weighted by molar-refractivity contribution is 6.15. The number of hydrogen-bond donors (Lipinski definition) is 0. The van der Waals surface area contributed by atoms with Crippen LogP contribution in [0, 0.1) is 6.92 Å². The van der Waals surface area contributed by atoms with E-state index in [0.717, 1.165) is 11.3 Å². The minimum Gasteiger partial charge on any atom is -0.273 e. The van der Waals surface area contributed by atoms with Crippen LogP contribution >= 0.6 is 0 Å². The van der Waals surface area contributed by atoms with Crippen LogP contribution in [0.4, 0.5) is 0 Å². The first-order valence-corrected chi connectivity index (χ1v) is 5.02. The molecule has 2 heterocycles. The molecule has 0 N–H and O–H groups in total. The van der Waals surface area contributed by atoms with Crippen molar-refractivity contribution in [1.29, 1.82) is 0 Å². The maximum atomic E-state index is 11.6. The van der Waals surface area contributed by atoms with Crippen LogP contribution in [0.3, 0.4) is 0 Å². The topological polar surface area (TPSA) is 55.2 Å². The Morgan fingerprint density at radius 2 is 2.00 bits per heavy atom. The van der Waals surface area contributed by atoms with Crippen LogP contribution in [0.25, 0.3) is 0 Å². The SMILES string of the molecule is CC1=CC(=O)N(Cc2cnn(C)c2C)C1=O. The zero-order valence-electron chi connectivity index (χ0n) is 9.52. The first-order chi connectivity index (χ1) is 7.50. The standard InChI is InChI=1S/C11H13N3O2/c1-7-4-10(15)14(11(7)16)6-9-5-12-13(3)8(9)2/h4-5H,6H2,1-3H3. The summed E-state index contributed by atoms with van der Waals surface area (Å²) in [6.45, 7) is 3.86. The van der Waals surface area contributed by atoms with Crippen LogP contribution in [-0.2, 0) is 23.2 Å². The molecular formula is C11H13N3O2. The summed E-state index contributed by atoms with van der Waals surface area (Å²) in [7, 11) is 1.83. The molecule has 0 aliphatic carbocycles. The Balaban J connectivity index is 2.21. The van der Waals surface area contributed by atoms with Crippen LogP contribution in [0.2, 0.25) is 0 Å². The van der Waals surface area contributed by atoms with Gasteiger partial charge in [0.15, 0.2) is 0 Å². The molecule has 0 spiro atoms. The summed E-state index contributed by atoms with van der Waals surface area (Å²) in [4.78, 5) is 24.4. The third-order valence-electron chi connectivity index (χ3n) is 2.85. The number of imide groups is 1. The summed E-state index contributed by atoms with van der Waals surface area (Å²) in [5, 5.41) is 4.08. The fourth-order valence-electron chi connectivity index (χ4n) is 1.66. The minimum atomic E-state index is -0.245.